The molecule has 1 aromatic carbocycles. The number of aliphatic hydroxyl groups is 1. The lowest BCUT2D eigenvalue weighted by Gasteiger charge is -2.17. The van der Waals surface area contributed by atoms with E-state index < -0.39 is 24.0 Å². The van der Waals surface area contributed by atoms with Gasteiger partial charge in [0.15, 0.2) is 6.10 Å². The number of rotatable bonds is 11. The van der Waals surface area contributed by atoms with E-state index in [0.29, 0.717) is 12.0 Å². The van der Waals surface area contributed by atoms with Gasteiger partial charge in [-0.25, -0.2) is 4.79 Å². The van der Waals surface area contributed by atoms with Gasteiger partial charge in [-0.15, -0.1) is 0 Å². The molecule has 0 aliphatic carbocycles. The zero-order valence-corrected chi connectivity index (χ0v) is 13.7. The number of carbonyl (C=O) groups excluding carboxylic acids is 1. The van der Waals surface area contributed by atoms with Gasteiger partial charge in [-0.2, -0.15) is 0 Å². The van der Waals surface area contributed by atoms with Crippen molar-refractivity contribution >= 4 is 11.9 Å². The Morgan fingerprint density at radius 2 is 1.65 bits per heavy atom. The first-order valence-corrected chi connectivity index (χ1v) is 8.32. The van der Waals surface area contributed by atoms with Gasteiger partial charge in [0.2, 0.25) is 0 Å². The van der Waals surface area contributed by atoms with Gasteiger partial charge in [-0.3, -0.25) is 4.79 Å². The van der Waals surface area contributed by atoms with E-state index in [9.17, 15) is 19.8 Å². The average molecular weight is 321 g/mol. The lowest BCUT2D eigenvalue weighted by atomic mass is 10.0. The molecule has 0 aliphatic rings. The second-order valence-electron chi connectivity index (χ2n) is 5.77. The van der Waals surface area contributed by atoms with Crippen molar-refractivity contribution in [2.75, 3.05) is 0 Å². The van der Waals surface area contributed by atoms with Crippen LogP contribution < -0.4 is 5.32 Å². The molecule has 0 bridgehead atoms. The first-order valence-electron chi connectivity index (χ1n) is 8.32. The van der Waals surface area contributed by atoms with Gasteiger partial charge in [-0.1, -0.05) is 75.8 Å². The number of unbranched alkanes of at least 4 members (excludes halogenated alkanes) is 5. The van der Waals surface area contributed by atoms with Gasteiger partial charge in [0.25, 0.3) is 5.91 Å². The van der Waals surface area contributed by atoms with Crippen LogP contribution >= 0.6 is 0 Å². The second-order valence-corrected chi connectivity index (χ2v) is 5.77. The highest BCUT2D eigenvalue weighted by Crippen LogP contribution is 2.14. The van der Waals surface area contributed by atoms with Gasteiger partial charge in [0, 0.05) is 0 Å². The monoisotopic (exact) mass is 321 g/mol. The second kappa shape index (κ2) is 10.8. The minimum absolute atomic E-state index is 0.384. The molecule has 0 unspecified atom stereocenters. The Bertz CT molecular complexity index is 475. The third-order valence-corrected chi connectivity index (χ3v) is 3.82. The molecular formula is C18H27NO4. The summed E-state index contributed by atoms with van der Waals surface area (Å²) in [5.41, 5.74) is 0.453. The van der Waals surface area contributed by atoms with Crippen molar-refractivity contribution in [3.63, 3.8) is 0 Å². The van der Waals surface area contributed by atoms with Crippen LogP contribution in [0, 0.1) is 0 Å². The topological polar surface area (TPSA) is 86.6 Å². The van der Waals surface area contributed by atoms with E-state index in [1.54, 1.807) is 30.3 Å². The number of aliphatic hydroxyl groups excluding tert-OH is 1. The van der Waals surface area contributed by atoms with Gasteiger partial charge in [-0.05, 0) is 12.0 Å². The smallest absolute Gasteiger partial charge is 0.326 e. The molecular weight excluding hydrogens is 294 g/mol. The molecule has 0 aromatic heterocycles. The highest BCUT2D eigenvalue weighted by Gasteiger charge is 2.24. The van der Waals surface area contributed by atoms with Crippen LogP contribution in [0.5, 0.6) is 0 Å². The summed E-state index contributed by atoms with van der Waals surface area (Å²) < 4.78 is 0. The van der Waals surface area contributed by atoms with E-state index in [2.05, 4.69) is 12.2 Å². The Kier molecular flexibility index (Phi) is 8.98. The fraction of sp³-hybridized carbons (Fsp3) is 0.556. The fourth-order valence-corrected chi connectivity index (χ4v) is 2.42. The number of nitrogens with one attached hydrogen (secondary N) is 1. The molecule has 128 valence electrons. The molecule has 1 rings (SSSR count). The predicted octanol–water partition coefficient (Wildman–Crippen LogP) is 3.04. The summed E-state index contributed by atoms with van der Waals surface area (Å²) in [4.78, 5) is 23.3. The van der Waals surface area contributed by atoms with Crippen LogP contribution in [-0.4, -0.2) is 28.1 Å². The molecule has 0 spiro atoms. The van der Waals surface area contributed by atoms with Crippen molar-refractivity contribution in [1.82, 2.24) is 5.32 Å². The maximum atomic E-state index is 12.0. The summed E-state index contributed by atoms with van der Waals surface area (Å²) in [5, 5.41) is 21.6. The summed E-state index contributed by atoms with van der Waals surface area (Å²) in [6.45, 7) is 2.15. The molecule has 0 saturated carbocycles. The Labute approximate surface area is 137 Å². The average Bonchev–Trinajstić information content (AvgIpc) is 2.56. The van der Waals surface area contributed by atoms with Crippen LogP contribution in [0.25, 0.3) is 0 Å². The van der Waals surface area contributed by atoms with Crippen LogP contribution in [0.1, 0.15) is 63.5 Å². The Morgan fingerprint density at radius 1 is 1.04 bits per heavy atom. The summed E-state index contributed by atoms with van der Waals surface area (Å²) in [7, 11) is 0. The number of carboxylic acid groups (broad SMARTS) is 1. The summed E-state index contributed by atoms with van der Waals surface area (Å²) in [5.74, 6) is -1.73. The quantitative estimate of drug-likeness (QED) is 0.547. The number of carbonyl (C=O) groups is 2. The van der Waals surface area contributed by atoms with Crippen molar-refractivity contribution in [2.24, 2.45) is 0 Å². The zero-order valence-electron chi connectivity index (χ0n) is 13.7. The van der Waals surface area contributed by atoms with Gasteiger partial charge in [0.1, 0.15) is 6.04 Å². The van der Waals surface area contributed by atoms with Crippen LogP contribution in [0.4, 0.5) is 0 Å². The minimum Gasteiger partial charge on any atom is -0.480 e. The largest absolute Gasteiger partial charge is 0.480 e. The third-order valence-electron chi connectivity index (χ3n) is 3.82. The molecule has 0 radical (unpaired) electrons. The van der Waals surface area contributed by atoms with Crippen LogP contribution in [0.2, 0.25) is 0 Å². The van der Waals surface area contributed by atoms with Crippen molar-refractivity contribution in [3.8, 4) is 0 Å². The molecule has 5 heteroatoms. The van der Waals surface area contributed by atoms with E-state index in [-0.39, 0.29) is 0 Å². The van der Waals surface area contributed by atoms with E-state index in [4.69, 9.17) is 0 Å². The minimum atomic E-state index is -1.34. The molecule has 23 heavy (non-hydrogen) atoms. The van der Waals surface area contributed by atoms with Crippen molar-refractivity contribution in [2.45, 2.75) is 64.0 Å². The van der Waals surface area contributed by atoms with E-state index in [1.807, 2.05) is 0 Å². The third kappa shape index (κ3) is 7.28. The number of carboxylic acids is 1. The van der Waals surface area contributed by atoms with Crippen LogP contribution in [0.15, 0.2) is 30.3 Å². The first kappa shape index (κ1) is 19.2. The first-order chi connectivity index (χ1) is 11.1. The zero-order chi connectivity index (χ0) is 17.1. The molecule has 0 saturated heterocycles. The standard InChI is InChI=1S/C18H27NO4/c1-2-3-4-5-6-10-13-15(18(22)23)19-17(21)16(20)14-11-8-7-9-12-14/h7-9,11-12,15-16,20H,2-6,10,13H2,1H3,(H,19,21)(H,22,23)/t15-,16+/m1/s1. The number of hydrogen-bond donors (Lipinski definition) is 3. The van der Waals surface area contributed by atoms with Crippen molar-refractivity contribution in [3.05, 3.63) is 35.9 Å². The van der Waals surface area contributed by atoms with Gasteiger partial charge in [0.05, 0.1) is 0 Å². The molecule has 5 nitrogen and oxygen atoms in total. The van der Waals surface area contributed by atoms with Crippen molar-refractivity contribution < 1.29 is 19.8 Å². The number of benzene rings is 1. The van der Waals surface area contributed by atoms with Crippen LogP contribution in [0.3, 0.4) is 0 Å². The van der Waals surface area contributed by atoms with Crippen molar-refractivity contribution in [1.29, 1.82) is 0 Å². The summed E-state index contributed by atoms with van der Waals surface area (Å²) in [6.07, 6.45) is 5.36. The molecule has 1 amide bonds. The predicted molar refractivity (Wildman–Crippen MR) is 89.0 cm³/mol. The van der Waals surface area contributed by atoms with Gasteiger partial charge >= 0.3 is 5.97 Å². The maximum absolute atomic E-state index is 12.0. The molecule has 0 aliphatic heterocycles. The summed E-state index contributed by atoms with van der Waals surface area (Å²) in [6, 6.07) is 7.54. The fourth-order valence-electron chi connectivity index (χ4n) is 2.42. The Morgan fingerprint density at radius 3 is 2.26 bits per heavy atom. The SMILES string of the molecule is CCCCCCCC[C@@H](NC(=O)[C@@H](O)c1ccccc1)C(=O)O. The van der Waals surface area contributed by atoms with E-state index in [1.165, 1.54) is 12.8 Å². The molecule has 3 N–H and O–H groups in total. The highest BCUT2D eigenvalue weighted by atomic mass is 16.4. The number of amides is 1. The molecule has 0 heterocycles. The van der Waals surface area contributed by atoms with Gasteiger partial charge < -0.3 is 15.5 Å². The number of aliphatic carboxylic acids is 1. The number of hydrogen-bond acceptors (Lipinski definition) is 3. The lowest BCUT2D eigenvalue weighted by Crippen LogP contribution is -2.43. The van der Waals surface area contributed by atoms with Crippen LogP contribution in [-0.2, 0) is 9.59 Å². The van der Waals surface area contributed by atoms with E-state index in [0.717, 1.165) is 25.7 Å². The normalized spacial score (nSPS) is 13.3. The molecule has 2 atom stereocenters. The molecule has 0 fully saturated rings. The highest BCUT2D eigenvalue weighted by molar-refractivity contribution is 5.86. The summed E-state index contributed by atoms with van der Waals surface area (Å²) >= 11 is 0. The Hall–Kier alpha value is -1.88. The maximum Gasteiger partial charge on any atom is 0.326 e. The Balaban J connectivity index is 2.42. The van der Waals surface area contributed by atoms with E-state index >= 15 is 0 Å². The lowest BCUT2D eigenvalue weighted by molar-refractivity contribution is -0.143. The molecule has 1 aromatic rings.